The monoisotopic (exact) mass is 233 g/mol. The third kappa shape index (κ3) is 3.30. The van der Waals surface area contributed by atoms with E-state index in [0.717, 1.165) is 25.7 Å². The average molecular weight is 233 g/mol. The highest BCUT2D eigenvalue weighted by molar-refractivity contribution is 5.31. The van der Waals surface area contributed by atoms with E-state index < -0.39 is 0 Å². The quantitative estimate of drug-likeness (QED) is 0.763. The Balaban J connectivity index is 1.70. The zero-order valence-electron chi connectivity index (χ0n) is 10.9. The highest BCUT2D eigenvalue weighted by atomic mass is 16.5. The fourth-order valence-electron chi connectivity index (χ4n) is 2.56. The van der Waals surface area contributed by atoms with Gasteiger partial charge in [0.05, 0.1) is 6.61 Å². The van der Waals surface area contributed by atoms with Crippen LogP contribution < -0.4 is 5.32 Å². The van der Waals surface area contributed by atoms with Crippen molar-refractivity contribution in [3.8, 4) is 0 Å². The van der Waals surface area contributed by atoms with Crippen LogP contribution in [0.3, 0.4) is 0 Å². The third-order valence-electron chi connectivity index (χ3n) is 3.65. The number of nitrogens with one attached hydrogen (secondary N) is 1. The molecule has 0 amide bonds. The van der Waals surface area contributed by atoms with Gasteiger partial charge in [0.2, 0.25) is 0 Å². The Hall–Kier alpha value is -0.860. The van der Waals surface area contributed by atoms with Gasteiger partial charge in [-0.25, -0.2) is 0 Å². The third-order valence-corrected chi connectivity index (χ3v) is 3.65. The molecule has 0 radical (unpaired) electrons. The lowest BCUT2D eigenvalue weighted by Crippen LogP contribution is -2.41. The molecule has 17 heavy (non-hydrogen) atoms. The van der Waals surface area contributed by atoms with E-state index in [0.29, 0.717) is 6.04 Å². The predicted molar refractivity (Wildman–Crippen MR) is 71.4 cm³/mol. The summed E-state index contributed by atoms with van der Waals surface area (Å²) >= 11 is 0. The first kappa shape index (κ1) is 12.6. The Labute approximate surface area is 104 Å². The Morgan fingerprint density at radius 2 is 2.06 bits per heavy atom. The van der Waals surface area contributed by atoms with Crippen molar-refractivity contribution < 1.29 is 4.74 Å². The van der Waals surface area contributed by atoms with Crippen molar-refractivity contribution in [2.75, 3.05) is 19.8 Å². The standard InChI is InChI=1S/C15H23NO/c1-3-17-9-8-16-14-10-13(11-14)15-7-5-4-6-12(15)2/h4-7,13-14,16H,3,8-11H2,1-2H3. The first-order chi connectivity index (χ1) is 8.31. The van der Waals surface area contributed by atoms with Crippen molar-refractivity contribution in [2.45, 2.75) is 38.6 Å². The summed E-state index contributed by atoms with van der Waals surface area (Å²) in [6, 6.07) is 9.45. The van der Waals surface area contributed by atoms with Crippen LogP contribution in [0.15, 0.2) is 24.3 Å². The van der Waals surface area contributed by atoms with E-state index in [-0.39, 0.29) is 0 Å². The first-order valence-electron chi connectivity index (χ1n) is 6.68. The molecule has 94 valence electrons. The molecule has 0 aliphatic heterocycles. The minimum atomic E-state index is 0.695. The smallest absolute Gasteiger partial charge is 0.0590 e. The summed E-state index contributed by atoms with van der Waals surface area (Å²) in [5.41, 5.74) is 2.97. The number of rotatable bonds is 6. The summed E-state index contributed by atoms with van der Waals surface area (Å²) in [6.07, 6.45) is 2.55. The maximum Gasteiger partial charge on any atom is 0.0590 e. The van der Waals surface area contributed by atoms with Gasteiger partial charge in [-0.1, -0.05) is 24.3 Å². The van der Waals surface area contributed by atoms with E-state index in [9.17, 15) is 0 Å². The molecule has 1 aromatic rings. The van der Waals surface area contributed by atoms with Crippen LogP contribution in [0.1, 0.15) is 36.8 Å². The number of hydrogen-bond donors (Lipinski definition) is 1. The van der Waals surface area contributed by atoms with E-state index in [1.165, 1.54) is 24.0 Å². The summed E-state index contributed by atoms with van der Waals surface area (Å²) in [7, 11) is 0. The Morgan fingerprint density at radius 3 is 2.76 bits per heavy atom. The summed E-state index contributed by atoms with van der Waals surface area (Å²) < 4.78 is 5.32. The van der Waals surface area contributed by atoms with E-state index in [1.54, 1.807) is 0 Å². The molecule has 2 heteroatoms. The van der Waals surface area contributed by atoms with Crippen molar-refractivity contribution in [1.29, 1.82) is 0 Å². The van der Waals surface area contributed by atoms with Crippen molar-refractivity contribution in [3.63, 3.8) is 0 Å². The molecule has 0 bridgehead atoms. The van der Waals surface area contributed by atoms with Crippen LogP contribution >= 0.6 is 0 Å². The fourth-order valence-corrected chi connectivity index (χ4v) is 2.56. The lowest BCUT2D eigenvalue weighted by Gasteiger charge is -2.37. The second-order valence-corrected chi connectivity index (χ2v) is 4.87. The lowest BCUT2D eigenvalue weighted by molar-refractivity contribution is 0.140. The molecule has 0 saturated heterocycles. The van der Waals surface area contributed by atoms with Gasteiger partial charge in [0.15, 0.2) is 0 Å². The largest absolute Gasteiger partial charge is 0.380 e. The topological polar surface area (TPSA) is 21.3 Å². The van der Waals surface area contributed by atoms with Gasteiger partial charge in [0.25, 0.3) is 0 Å². The number of aryl methyl sites for hydroxylation is 1. The number of hydrogen-bond acceptors (Lipinski definition) is 2. The van der Waals surface area contributed by atoms with Gasteiger partial charge in [0.1, 0.15) is 0 Å². The number of benzene rings is 1. The van der Waals surface area contributed by atoms with Crippen LogP contribution in [0.4, 0.5) is 0 Å². The molecule has 1 aliphatic rings. The van der Waals surface area contributed by atoms with Crippen molar-refractivity contribution in [2.24, 2.45) is 0 Å². The van der Waals surface area contributed by atoms with Crippen LogP contribution in [-0.2, 0) is 4.74 Å². The molecule has 1 N–H and O–H groups in total. The van der Waals surface area contributed by atoms with Gasteiger partial charge in [-0.05, 0) is 43.7 Å². The minimum absolute atomic E-state index is 0.695. The molecule has 2 rings (SSSR count). The maximum absolute atomic E-state index is 5.32. The van der Waals surface area contributed by atoms with Crippen molar-refractivity contribution in [1.82, 2.24) is 5.32 Å². The van der Waals surface area contributed by atoms with Crippen LogP contribution in [0.5, 0.6) is 0 Å². The molecule has 1 fully saturated rings. The SMILES string of the molecule is CCOCCNC1CC(c2ccccc2C)C1. The molecular formula is C15H23NO. The van der Waals surface area contributed by atoms with Gasteiger partial charge in [-0.2, -0.15) is 0 Å². The summed E-state index contributed by atoms with van der Waals surface area (Å²) in [4.78, 5) is 0. The highest BCUT2D eigenvalue weighted by Crippen LogP contribution is 2.38. The molecule has 0 heterocycles. The lowest BCUT2D eigenvalue weighted by atomic mass is 9.74. The highest BCUT2D eigenvalue weighted by Gasteiger charge is 2.30. The second-order valence-electron chi connectivity index (χ2n) is 4.87. The molecule has 0 spiro atoms. The molecule has 1 aromatic carbocycles. The van der Waals surface area contributed by atoms with Crippen molar-refractivity contribution in [3.05, 3.63) is 35.4 Å². The first-order valence-corrected chi connectivity index (χ1v) is 6.68. The van der Waals surface area contributed by atoms with Gasteiger partial charge in [-0.15, -0.1) is 0 Å². The summed E-state index contributed by atoms with van der Waals surface area (Å²) in [5, 5.41) is 3.55. The molecule has 0 atom stereocenters. The molecule has 0 aromatic heterocycles. The van der Waals surface area contributed by atoms with Crippen LogP contribution in [-0.4, -0.2) is 25.8 Å². The van der Waals surface area contributed by atoms with Crippen molar-refractivity contribution >= 4 is 0 Å². The van der Waals surface area contributed by atoms with Crippen LogP contribution in [0.25, 0.3) is 0 Å². The van der Waals surface area contributed by atoms with Gasteiger partial charge in [-0.3, -0.25) is 0 Å². The van der Waals surface area contributed by atoms with Gasteiger partial charge < -0.3 is 10.1 Å². The van der Waals surface area contributed by atoms with Gasteiger partial charge in [0, 0.05) is 19.2 Å². The molecule has 1 aliphatic carbocycles. The Kier molecular flexibility index (Phi) is 4.57. The van der Waals surface area contributed by atoms with E-state index in [1.807, 2.05) is 6.92 Å². The maximum atomic E-state index is 5.32. The van der Waals surface area contributed by atoms with E-state index in [4.69, 9.17) is 4.74 Å². The Morgan fingerprint density at radius 1 is 1.29 bits per heavy atom. The summed E-state index contributed by atoms with van der Waals surface area (Å²) in [5.74, 6) is 0.765. The number of ether oxygens (including phenoxy) is 1. The Bertz CT molecular complexity index is 345. The predicted octanol–water partition coefficient (Wildman–Crippen LogP) is 2.87. The molecular weight excluding hydrogens is 210 g/mol. The summed E-state index contributed by atoms with van der Waals surface area (Å²) in [6.45, 7) is 6.89. The zero-order chi connectivity index (χ0) is 12.1. The molecule has 1 saturated carbocycles. The van der Waals surface area contributed by atoms with Crippen LogP contribution in [0, 0.1) is 6.92 Å². The molecule has 0 unspecified atom stereocenters. The average Bonchev–Trinajstić information content (AvgIpc) is 2.28. The van der Waals surface area contributed by atoms with E-state index in [2.05, 4.69) is 36.5 Å². The normalized spacial score (nSPS) is 23.4. The van der Waals surface area contributed by atoms with E-state index >= 15 is 0 Å². The minimum Gasteiger partial charge on any atom is -0.380 e. The second kappa shape index (κ2) is 6.18. The fraction of sp³-hybridized carbons (Fsp3) is 0.600. The molecule has 2 nitrogen and oxygen atoms in total. The zero-order valence-corrected chi connectivity index (χ0v) is 10.9. The van der Waals surface area contributed by atoms with Gasteiger partial charge >= 0.3 is 0 Å². The van der Waals surface area contributed by atoms with Crippen LogP contribution in [0.2, 0.25) is 0 Å².